The second-order valence-electron chi connectivity index (χ2n) is 7.52. The number of aromatic nitrogens is 7. The first-order valence-electron chi connectivity index (χ1n) is 10.2. The summed E-state index contributed by atoms with van der Waals surface area (Å²) in [6, 6.07) is 16.0. The zero-order chi connectivity index (χ0) is 23.7. The normalized spacial score (nSPS) is 11.5. The maximum atomic E-state index is 13.4. The number of benzene rings is 2. The molecular formula is C24H16F3N7. The van der Waals surface area contributed by atoms with Crippen molar-refractivity contribution < 1.29 is 13.2 Å². The Labute approximate surface area is 192 Å². The van der Waals surface area contributed by atoms with Crippen LogP contribution in [-0.4, -0.2) is 35.2 Å². The fourth-order valence-corrected chi connectivity index (χ4v) is 3.46. The number of halogens is 3. The summed E-state index contributed by atoms with van der Waals surface area (Å²) in [5.41, 5.74) is 2.58. The van der Waals surface area contributed by atoms with Crippen molar-refractivity contribution in [2.45, 2.75) is 13.1 Å². The first kappa shape index (κ1) is 21.4. The van der Waals surface area contributed by atoms with Crippen LogP contribution in [0.2, 0.25) is 0 Å². The number of hydrogen-bond donors (Lipinski definition) is 0. The van der Waals surface area contributed by atoms with Crippen molar-refractivity contribution in [2.75, 3.05) is 0 Å². The van der Waals surface area contributed by atoms with Gasteiger partial charge in [-0.25, -0.2) is 9.97 Å². The lowest BCUT2D eigenvalue weighted by Crippen LogP contribution is -2.06. The van der Waals surface area contributed by atoms with Gasteiger partial charge in [0.15, 0.2) is 11.6 Å². The van der Waals surface area contributed by atoms with Gasteiger partial charge < -0.3 is 0 Å². The molecule has 0 atom stereocenters. The Balaban J connectivity index is 1.72. The lowest BCUT2D eigenvalue weighted by atomic mass is 10.0. The molecule has 0 saturated heterocycles. The second-order valence-corrected chi connectivity index (χ2v) is 7.52. The van der Waals surface area contributed by atoms with E-state index in [0.29, 0.717) is 28.5 Å². The molecule has 0 bridgehead atoms. The molecule has 0 spiro atoms. The van der Waals surface area contributed by atoms with Crippen molar-refractivity contribution in [2.24, 2.45) is 0 Å². The Bertz CT molecular complexity index is 1450. The second kappa shape index (κ2) is 8.47. The lowest BCUT2D eigenvalue weighted by Gasteiger charge is -2.13. The molecule has 10 heteroatoms. The summed E-state index contributed by atoms with van der Waals surface area (Å²) in [6.07, 6.45) is 0.207. The van der Waals surface area contributed by atoms with E-state index in [9.17, 15) is 13.2 Å². The van der Waals surface area contributed by atoms with E-state index in [-0.39, 0.29) is 11.3 Å². The van der Waals surface area contributed by atoms with Gasteiger partial charge in [-0.05, 0) is 53.7 Å². The van der Waals surface area contributed by atoms with Gasteiger partial charge in [0.2, 0.25) is 0 Å². The summed E-state index contributed by atoms with van der Waals surface area (Å²) in [5, 5.41) is 12.0. The molecule has 0 N–H and O–H groups in total. The van der Waals surface area contributed by atoms with Gasteiger partial charge in [-0.3, -0.25) is 4.98 Å². The summed E-state index contributed by atoms with van der Waals surface area (Å²) >= 11 is 0. The van der Waals surface area contributed by atoms with Gasteiger partial charge in [0.05, 0.1) is 22.5 Å². The SMILES string of the molecule is Cc1ccc(-n2nnnc2-c2cnc(-c3ccncc3)nc2-c2cccc(C(F)(F)F)c2)cc1. The number of nitrogens with zero attached hydrogens (tertiary/aromatic N) is 7. The third-order valence-electron chi connectivity index (χ3n) is 5.18. The van der Waals surface area contributed by atoms with Crippen LogP contribution in [0.1, 0.15) is 11.1 Å². The zero-order valence-electron chi connectivity index (χ0n) is 17.8. The van der Waals surface area contributed by atoms with E-state index in [0.717, 1.165) is 17.7 Å². The first-order chi connectivity index (χ1) is 16.4. The van der Waals surface area contributed by atoms with E-state index in [1.165, 1.54) is 16.9 Å². The van der Waals surface area contributed by atoms with E-state index < -0.39 is 11.7 Å². The highest BCUT2D eigenvalue weighted by Crippen LogP contribution is 2.35. The molecule has 0 saturated carbocycles. The van der Waals surface area contributed by atoms with Crippen molar-refractivity contribution in [1.29, 1.82) is 0 Å². The molecule has 5 aromatic rings. The molecule has 0 fully saturated rings. The summed E-state index contributed by atoms with van der Waals surface area (Å²) in [4.78, 5) is 13.1. The van der Waals surface area contributed by atoms with Crippen molar-refractivity contribution in [3.05, 3.63) is 90.4 Å². The monoisotopic (exact) mass is 459 g/mol. The molecule has 3 heterocycles. The van der Waals surface area contributed by atoms with Gasteiger partial charge >= 0.3 is 6.18 Å². The topological polar surface area (TPSA) is 82.3 Å². The third-order valence-corrected chi connectivity index (χ3v) is 5.18. The van der Waals surface area contributed by atoms with Crippen molar-refractivity contribution in [3.8, 4) is 39.7 Å². The molecule has 5 rings (SSSR count). The van der Waals surface area contributed by atoms with Gasteiger partial charge in [-0.15, -0.1) is 5.10 Å². The molecule has 3 aromatic heterocycles. The summed E-state index contributed by atoms with van der Waals surface area (Å²) < 4.78 is 41.8. The Morgan fingerprint density at radius 1 is 0.882 bits per heavy atom. The Morgan fingerprint density at radius 3 is 2.38 bits per heavy atom. The lowest BCUT2D eigenvalue weighted by molar-refractivity contribution is -0.137. The van der Waals surface area contributed by atoms with E-state index in [1.54, 1.807) is 30.6 Å². The highest BCUT2D eigenvalue weighted by molar-refractivity contribution is 5.79. The van der Waals surface area contributed by atoms with Gasteiger partial charge in [0, 0.05) is 29.7 Å². The first-order valence-corrected chi connectivity index (χ1v) is 10.2. The highest BCUT2D eigenvalue weighted by Gasteiger charge is 2.31. The minimum atomic E-state index is -4.50. The van der Waals surface area contributed by atoms with Crippen LogP contribution in [0.25, 0.3) is 39.7 Å². The van der Waals surface area contributed by atoms with Gasteiger partial charge in [0.25, 0.3) is 0 Å². The predicted octanol–water partition coefficient (Wildman–Crippen LogP) is 5.18. The molecule has 0 unspecified atom stereocenters. The predicted molar refractivity (Wildman–Crippen MR) is 119 cm³/mol. The minimum Gasteiger partial charge on any atom is -0.265 e. The number of alkyl halides is 3. The van der Waals surface area contributed by atoms with Crippen LogP contribution >= 0.6 is 0 Å². The van der Waals surface area contributed by atoms with Crippen molar-refractivity contribution in [1.82, 2.24) is 35.2 Å². The highest BCUT2D eigenvalue weighted by atomic mass is 19.4. The quantitative estimate of drug-likeness (QED) is 0.369. The largest absolute Gasteiger partial charge is 0.416 e. The standard InChI is InChI=1S/C24H16F3N7/c1-15-5-7-19(8-6-15)34-23(31-32-33-34)20-14-29-22(16-9-11-28-12-10-16)30-21(20)17-3-2-4-18(13-17)24(25,26)27/h2-14H,1H3. The van der Waals surface area contributed by atoms with Crippen molar-refractivity contribution in [3.63, 3.8) is 0 Å². The Morgan fingerprint density at radius 2 is 1.65 bits per heavy atom. The molecule has 0 aliphatic heterocycles. The number of pyridine rings is 1. The number of tetrazole rings is 1. The molecule has 0 aliphatic carbocycles. The maximum absolute atomic E-state index is 13.4. The van der Waals surface area contributed by atoms with E-state index in [2.05, 4.69) is 30.5 Å². The third kappa shape index (κ3) is 4.13. The fourth-order valence-electron chi connectivity index (χ4n) is 3.46. The van der Waals surface area contributed by atoms with Crippen LogP contribution in [0.15, 0.2) is 79.3 Å². The van der Waals surface area contributed by atoms with Gasteiger partial charge in [-0.2, -0.15) is 17.9 Å². The van der Waals surface area contributed by atoms with E-state index in [1.807, 2.05) is 31.2 Å². The van der Waals surface area contributed by atoms with Gasteiger partial charge in [0.1, 0.15) is 0 Å². The van der Waals surface area contributed by atoms with E-state index >= 15 is 0 Å². The number of rotatable bonds is 4. The average molecular weight is 459 g/mol. The molecule has 0 aliphatic rings. The van der Waals surface area contributed by atoms with Crippen molar-refractivity contribution >= 4 is 0 Å². The number of aryl methyl sites for hydroxylation is 1. The molecule has 34 heavy (non-hydrogen) atoms. The van der Waals surface area contributed by atoms with Gasteiger partial charge in [-0.1, -0.05) is 29.8 Å². The molecule has 0 radical (unpaired) electrons. The van der Waals surface area contributed by atoms with Crippen LogP contribution in [0.5, 0.6) is 0 Å². The van der Waals surface area contributed by atoms with Crippen LogP contribution < -0.4 is 0 Å². The van der Waals surface area contributed by atoms with Crippen LogP contribution in [0.3, 0.4) is 0 Å². The molecule has 168 valence electrons. The van der Waals surface area contributed by atoms with Crippen LogP contribution in [0.4, 0.5) is 13.2 Å². The maximum Gasteiger partial charge on any atom is 0.416 e. The minimum absolute atomic E-state index is 0.265. The molecular weight excluding hydrogens is 443 g/mol. The number of hydrogen-bond acceptors (Lipinski definition) is 6. The molecule has 2 aromatic carbocycles. The van der Waals surface area contributed by atoms with Crippen LogP contribution in [-0.2, 0) is 6.18 Å². The summed E-state index contributed by atoms with van der Waals surface area (Å²) in [5.74, 6) is 0.644. The summed E-state index contributed by atoms with van der Waals surface area (Å²) in [7, 11) is 0. The average Bonchev–Trinajstić information content (AvgIpc) is 3.34. The Kier molecular flexibility index (Phi) is 5.33. The summed E-state index contributed by atoms with van der Waals surface area (Å²) in [6.45, 7) is 1.96. The molecule has 7 nitrogen and oxygen atoms in total. The smallest absolute Gasteiger partial charge is 0.265 e. The van der Waals surface area contributed by atoms with Crippen LogP contribution in [0, 0.1) is 6.92 Å². The zero-order valence-corrected chi connectivity index (χ0v) is 17.8. The fraction of sp³-hybridized carbons (Fsp3) is 0.0833. The Hall–Kier alpha value is -4.47. The molecule has 0 amide bonds. The van der Waals surface area contributed by atoms with E-state index in [4.69, 9.17) is 0 Å².